The van der Waals surface area contributed by atoms with Crippen LogP contribution in [0.5, 0.6) is 5.88 Å². The molecule has 0 aliphatic carbocycles. The van der Waals surface area contributed by atoms with Gasteiger partial charge in [-0.25, -0.2) is 0 Å². The highest BCUT2D eigenvalue weighted by Gasteiger charge is 2.36. The summed E-state index contributed by atoms with van der Waals surface area (Å²) in [6.45, 7) is 2.10. The highest BCUT2D eigenvalue weighted by molar-refractivity contribution is 5.85. The van der Waals surface area contributed by atoms with Crippen LogP contribution in [0.25, 0.3) is 10.9 Å². The second-order valence-corrected chi connectivity index (χ2v) is 5.89. The van der Waals surface area contributed by atoms with Gasteiger partial charge in [0.05, 0.1) is 11.5 Å². The molecule has 3 heterocycles. The molecule has 0 radical (unpaired) electrons. The Morgan fingerprint density at radius 1 is 1.38 bits per heavy atom. The summed E-state index contributed by atoms with van der Waals surface area (Å²) in [4.78, 5) is 3.28. The minimum Gasteiger partial charge on any atom is -0.420 e. The molecule has 1 aromatic carbocycles. The summed E-state index contributed by atoms with van der Waals surface area (Å²) < 4.78 is 5.58. The number of nitrogens with zero attached hydrogens (tertiary/aromatic N) is 2. The highest BCUT2D eigenvalue weighted by Crippen LogP contribution is 2.44. The van der Waals surface area contributed by atoms with Gasteiger partial charge in [-0.1, -0.05) is 31.5 Å². The quantitative estimate of drug-likeness (QED) is 0.690. The number of aryl methyl sites for hydroxylation is 1. The van der Waals surface area contributed by atoms with Crippen molar-refractivity contribution in [3.05, 3.63) is 58.7 Å². The maximum atomic E-state index is 9.68. The molecule has 0 unspecified atom stereocenters. The predicted octanol–water partition coefficient (Wildman–Crippen LogP) is 3.06. The molecule has 4 N–H and O–H groups in total. The summed E-state index contributed by atoms with van der Waals surface area (Å²) in [6, 6.07) is 10.3. The van der Waals surface area contributed by atoms with Crippen LogP contribution in [-0.4, -0.2) is 15.2 Å². The van der Waals surface area contributed by atoms with E-state index in [-0.39, 0.29) is 11.8 Å². The number of aromatic nitrogens is 3. The van der Waals surface area contributed by atoms with Gasteiger partial charge >= 0.3 is 0 Å². The number of rotatable bonds is 3. The van der Waals surface area contributed by atoms with Crippen molar-refractivity contribution in [2.45, 2.75) is 25.7 Å². The average molecular weight is 319 g/mol. The Hall–Kier alpha value is -3.20. The van der Waals surface area contributed by atoms with Crippen LogP contribution in [0.15, 0.2) is 41.9 Å². The molecule has 6 nitrogen and oxygen atoms in total. The molecular weight excluding hydrogens is 302 g/mol. The number of benzene rings is 1. The molecular formula is C18H17N5O. The van der Waals surface area contributed by atoms with Gasteiger partial charge in [-0.05, 0) is 18.1 Å². The topological polar surface area (TPSA) is 104 Å². The Kier molecular flexibility index (Phi) is 3.28. The van der Waals surface area contributed by atoms with Crippen molar-refractivity contribution >= 4 is 10.9 Å². The molecule has 1 atom stereocenters. The van der Waals surface area contributed by atoms with Gasteiger partial charge in [-0.2, -0.15) is 5.26 Å². The van der Waals surface area contributed by atoms with Crippen molar-refractivity contribution in [1.29, 1.82) is 5.26 Å². The molecule has 3 aromatic rings. The molecule has 0 bridgehead atoms. The van der Waals surface area contributed by atoms with Crippen LogP contribution >= 0.6 is 0 Å². The Morgan fingerprint density at radius 3 is 3.00 bits per heavy atom. The molecule has 1 aliphatic rings. The maximum Gasteiger partial charge on any atom is 0.244 e. The van der Waals surface area contributed by atoms with Crippen molar-refractivity contribution in [2.24, 2.45) is 5.73 Å². The first kappa shape index (κ1) is 14.4. The van der Waals surface area contributed by atoms with E-state index in [0.717, 1.165) is 40.6 Å². The van der Waals surface area contributed by atoms with E-state index in [9.17, 15) is 5.26 Å². The molecule has 24 heavy (non-hydrogen) atoms. The van der Waals surface area contributed by atoms with Crippen LogP contribution in [0.3, 0.4) is 0 Å². The van der Waals surface area contributed by atoms with Gasteiger partial charge in [0, 0.05) is 22.8 Å². The molecule has 120 valence electrons. The van der Waals surface area contributed by atoms with Crippen LogP contribution in [0.2, 0.25) is 0 Å². The summed E-state index contributed by atoms with van der Waals surface area (Å²) in [5.41, 5.74) is 10.4. The van der Waals surface area contributed by atoms with Crippen molar-refractivity contribution < 1.29 is 4.74 Å². The lowest BCUT2D eigenvalue weighted by Gasteiger charge is -2.23. The van der Waals surface area contributed by atoms with Gasteiger partial charge in [-0.3, -0.25) is 5.10 Å². The SMILES string of the molecule is CCCc1[nH]nc2c1[C@@H](c1c[nH]c3ccccc13)C(C#N)=C(N)O2. The molecule has 4 rings (SSSR count). The third-order valence-corrected chi connectivity index (χ3v) is 4.45. The first-order valence-corrected chi connectivity index (χ1v) is 7.95. The number of H-pyrrole nitrogens is 2. The largest absolute Gasteiger partial charge is 0.420 e. The molecule has 0 saturated carbocycles. The fraction of sp³-hybridized carbons (Fsp3) is 0.222. The molecule has 2 aromatic heterocycles. The number of aromatic amines is 2. The predicted molar refractivity (Wildman–Crippen MR) is 90.2 cm³/mol. The van der Waals surface area contributed by atoms with Crippen molar-refractivity contribution in [2.75, 3.05) is 0 Å². The van der Waals surface area contributed by atoms with E-state index in [1.165, 1.54) is 0 Å². The van der Waals surface area contributed by atoms with Crippen molar-refractivity contribution in [3.63, 3.8) is 0 Å². The maximum absolute atomic E-state index is 9.68. The van der Waals surface area contributed by atoms with E-state index in [1.807, 2.05) is 30.5 Å². The number of fused-ring (bicyclic) bond motifs is 2. The fourth-order valence-corrected chi connectivity index (χ4v) is 3.39. The molecule has 0 fully saturated rings. The molecule has 0 amide bonds. The Morgan fingerprint density at radius 2 is 2.21 bits per heavy atom. The summed E-state index contributed by atoms with van der Waals surface area (Å²) in [6.07, 6.45) is 3.75. The third-order valence-electron chi connectivity index (χ3n) is 4.45. The first-order valence-electron chi connectivity index (χ1n) is 7.95. The zero-order valence-corrected chi connectivity index (χ0v) is 13.3. The van der Waals surface area contributed by atoms with Gasteiger partial charge in [-0.15, -0.1) is 5.10 Å². The van der Waals surface area contributed by atoms with Crippen LogP contribution in [-0.2, 0) is 6.42 Å². The van der Waals surface area contributed by atoms with E-state index in [4.69, 9.17) is 10.5 Å². The van der Waals surface area contributed by atoms with E-state index in [0.29, 0.717) is 11.5 Å². The molecule has 0 spiro atoms. The number of allylic oxidation sites excluding steroid dienone is 1. The normalized spacial score (nSPS) is 16.8. The summed E-state index contributed by atoms with van der Waals surface area (Å²) >= 11 is 0. The number of para-hydroxylation sites is 1. The summed E-state index contributed by atoms with van der Waals surface area (Å²) in [7, 11) is 0. The fourth-order valence-electron chi connectivity index (χ4n) is 3.39. The third kappa shape index (κ3) is 1.98. The minimum absolute atomic E-state index is 0.120. The minimum atomic E-state index is -0.282. The molecule has 1 aliphatic heterocycles. The monoisotopic (exact) mass is 319 g/mol. The zero-order chi connectivity index (χ0) is 16.7. The van der Waals surface area contributed by atoms with Crippen LogP contribution < -0.4 is 10.5 Å². The standard InChI is InChI=1S/C18H17N5O/c1-2-5-14-16-15(11(8-19)17(20)24-18(16)23-22-14)12-9-21-13-7-4-3-6-10(12)13/h3-4,6-7,9,15,21H,2,5,20H2,1H3,(H,22,23)/t15-/m1/s1. The number of nitriles is 1. The van der Waals surface area contributed by atoms with E-state index < -0.39 is 0 Å². The average Bonchev–Trinajstić information content (AvgIpc) is 3.18. The van der Waals surface area contributed by atoms with Crippen LogP contribution in [0.1, 0.15) is 36.1 Å². The Bertz CT molecular complexity index is 988. The Balaban J connectivity index is 1.98. The second-order valence-electron chi connectivity index (χ2n) is 5.89. The highest BCUT2D eigenvalue weighted by atomic mass is 16.5. The van der Waals surface area contributed by atoms with Crippen molar-refractivity contribution in [1.82, 2.24) is 15.2 Å². The van der Waals surface area contributed by atoms with Gasteiger partial charge < -0.3 is 15.5 Å². The smallest absolute Gasteiger partial charge is 0.244 e. The Labute approximate surface area is 138 Å². The number of nitrogens with two attached hydrogens (primary N) is 1. The van der Waals surface area contributed by atoms with Gasteiger partial charge in [0.2, 0.25) is 11.8 Å². The molecule has 6 heteroatoms. The number of ether oxygens (including phenoxy) is 1. The first-order chi connectivity index (χ1) is 11.7. The molecule has 0 saturated heterocycles. The zero-order valence-electron chi connectivity index (χ0n) is 13.3. The summed E-state index contributed by atoms with van der Waals surface area (Å²) in [5.74, 6) is 0.301. The summed E-state index contributed by atoms with van der Waals surface area (Å²) in [5, 5.41) is 18.0. The van der Waals surface area contributed by atoms with E-state index >= 15 is 0 Å². The lowest BCUT2D eigenvalue weighted by molar-refractivity contribution is 0.379. The van der Waals surface area contributed by atoms with Crippen LogP contribution in [0, 0.1) is 11.3 Å². The van der Waals surface area contributed by atoms with Gasteiger partial charge in [0.1, 0.15) is 11.6 Å². The van der Waals surface area contributed by atoms with Crippen LogP contribution in [0.4, 0.5) is 0 Å². The van der Waals surface area contributed by atoms with Gasteiger partial charge in [0.25, 0.3) is 0 Å². The van der Waals surface area contributed by atoms with E-state index in [1.54, 1.807) is 0 Å². The second kappa shape index (κ2) is 5.46. The van der Waals surface area contributed by atoms with Gasteiger partial charge in [0.15, 0.2) is 0 Å². The lowest BCUT2D eigenvalue weighted by atomic mass is 9.83. The lowest BCUT2D eigenvalue weighted by Crippen LogP contribution is -2.21. The number of hydrogen-bond donors (Lipinski definition) is 3. The number of nitrogens with one attached hydrogen (secondary N) is 2. The van der Waals surface area contributed by atoms with Crippen molar-refractivity contribution in [3.8, 4) is 11.9 Å². The number of hydrogen-bond acceptors (Lipinski definition) is 4. The van der Waals surface area contributed by atoms with E-state index in [2.05, 4.69) is 28.2 Å².